The number of aromatic amines is 1. The topological polar surface area (TPSA) is 138 Å². The smallest absolute Gasteiger partial charge is 0.493 e. The quantitative estimate of drug-likeness (QED) is 0.651. The number of benzene rings is 1. The molecule has 11 nitrogen and oxygen atoms in total. The molecule has 2 aromatic rings. The van der Waals surface area contributed by atoms with Gasteiger partial charge in [-0.3, -0.25) is 23.4 Å². The summed E-state index contributed by atoms with van der Waals surface area (Å²) in [5, 5.41) is 10.2. The number of nitrogens with one attached hydrogen (secondary N) is 1. The highest BCUT2D eigenvalue weighted by molar-refractivity contribution is 7.49. The van der Waals surface area contributed by atoms with Crippen molar-refractivity contribution < 1.29 is 38.5 Å². The predicted molar refractivity (Wildman–Crippen MR) is 97.9 cm³/mol. The van der Waals surface area contributed by atoms with E-state index in [0.717, 1.165) is 12.3 Å². The van der Waals surface area contributed by atoms with Gasteiger partial charge in [0.15, 0.2) is 17.7 Å². The number of phosphoric acid groups is 1. The van der Waals surface area contributed by atoms with E-state index in [1.54, 1.807) is 18.2 Å². The Morgan fingerprint density at radius 3 is 3.00 bits per heavy atom. The highest BCUT2D eigenvalue weighted by Gasteiger charge is 2.50. The molecule has 30 heavy (non-hydrogen) atoms. The lowest BCUT2D eigenvalue weighted by molar-refractivity contribution is -0.179. The number of rotatable bonds is 5. The van der Waals surface area contributed by atoms with Gasteiger partial charge in [-0.05, 0) is 6.07 Å². The number of hydrogen-bond acceptors (Lipinski definition) is 9. The minimum absolute atomic E-state index is 0.120. The number of phosphoric ester groups is 1. The summed E-state index contributed by atoms with van der Waals surface area (Å²) in [4.78, 5) is 25.1. The fourth-order valence-corrected chi connectivity index (χ4v) is 4.29. The lowest BCUT2D eigenvalue weighted by Gasteiger charge is -2.28. The number of fused-ring (bicyclic) bond motifs is 1. The van der Waals surface area contributed by atoms with Crippen LogP contribution >= 0.6 is 7.82 Å². The molecule has 0 aliphatic carbocycles. The first-order valence-electron chi connectivity index (χ1n) is 9.22. The third-order valence-electron chi connectivity index (χ3n) is 4.43. The van der Waals surface area contributed by atoms with Crippen LogP contribution in [0.15, 0.2) is 40.1 Å². The van der Waals surface area contributed by atoms with Gasteiger partial charge in [0.25, 0.3) is 5.56 Å². The van der Waals surface area contributed by atoms with E-state index in [-0.39, 0.29) is 18.1 Å². The Labute approximate surface area is 169 Å². The molecule has 2 N–H and O–H groups in total. The third-order valence-corrected chi connectivity index (χ3v) is 5.73. The second-order valence-electron chi connectivity index (χ2n) is 6.56. The molecule has 162 valence electrons. The van der Waals surface area contributed by atoms with Crippen molar-refractivity contribution >= 4 is 7.82 Å². The Kier molecular flexibility index (Phi) is 4.95. The van der Waals surface area contributed by atoms with E-state index in [1.807, 2.05) is 4.98 Å². The first-order chi connectivity index (χ1) is 14.6. The Morgan fingerprint density at radius 2 is 2.27 bits per heavy atom. The summed E-state index contributed by atoms with van der Waals surface area (Å²) in [6.07, 6.45) is -4.32. The molecule has 0 bridgehead atoms. The SMILES string of the molecule is [2H][C@@]1(n2ccc(=O)[nH]c2=O)O[C@](F)(COP2(=O)OCc3cccc(OC)c3O2)C[C@H]1O. The monoisotopic (exact) mass is 445 g/mol. The highest BCUT2D eigenvalue weighted by Crippen LogP contribution is 2.57. The number of alkyl halides is 1. The summed E-state index contributed by atoms with van der Waals surface area (Å²) in [7, 11) is -2.90. The van der Waals surface area contributed by atoms with Crippen LogP contribution in [-0.2, 0) is 25.0 Å². The number of H-pyrrole nitrogens is 1. The van der Waals surface area contributed by atoms with Crippen molar-refractivity contribution in [2.75, 3.05) is 13.7 Å². The lowest BCUT2D eigenvalue weighted by Crippen LogP contribution is -2.35. The van der Waals surface area contributed by atoms with Crippen LogP contribution in [0.2, 0.25) is 0 Å². The number of methoxy groups -OCH3 is 1. The number of ether oxygens (including phenoxy) is 2. The summed E-state index contributed by atoms with van der Waals surface area (Å²) in [5.41, 5.74) is -1.28. The van der Waals surface area contributed by atoms with Gasteiger partial charge in [-0.2, -0.15) is 0 Å². The zero-order valence-electron chi connectivity index (χ0n) is 16.6. The molecule has 4 atom stereocenters. The zero-order chi connectivity index (χ0) is 22.4. The van der Waals surface area contributed by atoms with Crippen LogP contribution in [0, 0.1) is 0 Å². The third kappa shape index (κ3) is 3.92. The fourth-order valence-electron chi connectivity index (χ4n) is 3.03. The van der Waals surface area contributed by atoms with Gasteiger partial charge < -0.3 is 19.1 Å². The summed E-state index contributed by atoms with van der Waals surface area (Å²) >= 11 is 0. The van der Waals surface area contributed by atoms with E-state index in [9.17, 15) is 19.3 Å². The zero-order valence-corrected chi connectivity index (χ0v) is 16.5. The molecule has 1 aromatic heterocycles. The molecule has 0 radical (unpaired) electrons. The number of aliphatic hydroxyl groups is 1. The number of aliphatic hydroxyl groups excluding tert-OH is 1. The van der Waals surface area contributed by atoms with E-state index in [2.05, 4.69) is 0 Å². The van der Waals surface area contributed by atoms with Crippen molar-refractivity contribution in [1.82, 2.24) is 9.55 Å². The molecule has 4 rings (SSSR count). The largest absolute Gasteiger partial charge is 0.530 e. The summed E-state index contributed by atoms with van der Waals surface area (Å²) in [6, 6.07) is 5.82. The van der Waals surface area contributed by atoms with Crippen LogP contribution in [-0.4, -0.2) is 40.3 Å². The van der Waals surface area contributed by atoms with E-state index < -0.39 is 50.3 Å². The van der Waals surface area contributed by atoms with Gasteiger partial charge >= 0.3 is 13.5 Å². The molecule has 3 heterocycles. The van der Waals surface area contributed by atoms with Gasteiger partial charge in [0.2, 0.25) is 5.85 Å². The van der Waals surface area contributed by atoms with Gasteiger partial charge in [0.05, 0.1) is 15.1 Å². The number of hydrogen-bond donors (Lipinski definition) is 2. The molecule has 0 spiro atoms. The maximum Gasteiger partial charge on any atom is 0.530 e. The van der Waals surface area contributed by atoms with Crippen LogP contribution < -0.4 is 20.5 Å². The normalized spacial score (nSPS) is 33.4. The summed E-state index contributed by atoms with van der Waals surface area (Å²) in [6.45, 7) is -1.19. The molecule has 13 heteroatoms. The Hall–Kier alpha value is -2.50. The maximum absolute atomic E-state index is 15.2. The fraction of sp³-hybridized carbons (Fsp3) is 0.412. The Balaban J connectivity index is 1.52. The van der Waals surface area contributed by atoms with Crippen LogP contribution in [0.4, 0.5) is 4.39 Å². The summed E-state index contributed by atoms with van der Waals surface area (Å²) in [5.74, 6) is -2.42. The average Bonchev–Trinajstić information content (AvgIpc) is 2.95. The standard InChI is InChI=1S/C17H18FN2O9P/c1-25-12-4-2-3-10-8-26-30(24,29-14(10)12)27-9-17(18)7-11(21)15(28-17)20-6-5-13(22)19-16(20)23/h2-6,11,15,21H,7-9H2,1H3,(H,19,22,23)/t11-,15-,17+,30?/m1/s1/i15D. The summed E-state index contributed by atoms with van der Waals surface area (Å²) < 4.78 is 62.5. The molecule has 2 aliphatic rings. The molecule has 2 aliphatic heterocycles. The average molecular weight is 445 g/mol. The first kappa shape index (κ1) is 19.5. The van der Waals surface area contributed by atoms with Crippen molar-refractivity contribution in [3.05, 3.63) is 56.9 Å². The molecule has 1 saturated heterocycles. The molecular formula is C17H18FN2O9P. The van der Waals surface area contributed by atoms with Crippen molar-refractivity contribution in [3.63, 3.8) is 0 Å². The van der Waals surface area contributed by atoms with E-state index in [1.165, 1.54) is 7.11 Å². The van der Waals surface area contributed by atoms with Crippen LogP contribution in [0.25, 0.3) is 0 Å². The van der Waals surface area contributed by atoms with Gasteiger partial charge in [0.1, 0.15) is 12.7 Å². The molecule has 1 fully saturated rings. The minimum Gasteiger partial charge on any atom is -0.493 e. The number of halogens is 1. The molecule has 0 amide bonds. The predicted octanol–water partition coefficient (Wildman–Crippen LogP) is 1.22. The van der Waals surface area contributed by atoms with E-state index in [0.29, 0.717) is 10.1 Å². The van der Waals surface area contributed by atoms with E-state index in [4.69, 9.17) is 24.4 Å². The van der Waals surface area contributed by atoms with Crippen molar-refractivity contribution in [1.29, 1.82) is 0 Å². The van der Waals surface area contributed by atoms with E-state index >= 15 is 4.39 Å². The Bertz CT molecular complexity index is 1160. The van der Waals surface area contributed by atoms with Crippen LogP contribution in [0.3, 0.4) is 0 Å². The molecule has 1 aromatic carbocycles. The molecule has 0 saturated carbocycles. The lowest BCUT2D eigenvalue weighted by atomic mass is 10.2. The highest BCUT2D eigenvalue weighted by atomic mass is 31.2. The first-order valence-corrected chi connectivity index (χ1v) is 10.2. The number of nitrogens with zero attached hydrogens (tertiary/aromatic N) is 1. The van der Waals surface area contributed by atoms with Gasteiger partial charge in [-0.25, -0.2) is 13.8 Å². The molecule has 1 unspecified atom stereocenters. The van der Waals surface area contributed by atoms with Gasteiger partial charge in [-0.15, -0.1) is 0 Å². The molecular weight excluding hydrogens is 426 g/mol. The number of para-hydroxylation sites is 1. The van der Waals surface area contributed by atoms with Gasteiger partial charge in [0, 0.05) is 24.2 Å². The number of aromatic nitrogens is 2. The Morgan fingerprint density at radius 1 is 1.47 bits per heavy atom. The van der Waals surface area contributed by atoms with Crippen molar-refractivity contribution in [2.24, 2.45) is 0 Å². The van der Waals surface area contributed by atoms with Crippen LogP contribution in [0.5, 0.6) is 11.5 Å². The maximum atomic E-state index is 15.2. The van der Waals surface area contributed by atoms with Crippen molar-refractivity contribution in [3.8, 4) is 11.5 Å². The van der Waals surface area contributed by atoms with Crippen LogP contribution in [0.1, 0.15) is 19.6 Å². The second-order valence-corrected chi connectivity index (χ2v) is 8.15. The second kappa shape index (κ2) is 7.64. The van der Waals surface area contributed by atoms with Gasteiger partial charge in [-0.1, -0.05) is 12.1 Å². The van der Waals surface area contributed by atoms with Crippen molar-refractivity contribution in [2.45, 2.75) is 31.2 Å². The minimum atomic E-state index is -4.29.